The molecule has 5 heteroatoms. The van der Waals surface area contributed by atoms with Gasteiger partial charge < -0.3 is 25.2 Å². The van der Waals surface area contributed by atoms with Crippen molar-refractivity contribution in [1.29, 1.82) is 0 Å². The van der Waals surface area contributed by atoms with E-state index in [0.29, 0.717) is 19.0 Å². The van der Waals surface area contributed by atoms with Crippen LogP contribution in [0.3, 0.4) is 0 Å². The van der Waals surface area contributed by atoms with Crippen molar-refractivity contribution in [3.05, 3.63) is 0 Å². The zero-order chi connectivity index (χ0) is 15.4. The van der Waals surface area contributed by atoms with Crippen molar-refractivity contribution in [1.82, 2.24) is 10.2 Å². The first-order valence-corrected chi connectivity index (χ1v) is 7.65. The molecule has 0 bridgehead atoms. The summed E-state index contributed by atoms with van der Waals surface area (Å²) in [6.07, 6.45) is -0.863. The van der Waals surface area contributed by atoms with E-state index in [2.05, 4.69) is 19.2 Å². The van der Waals surface area contributed by atoms with Gasteiger partial charge in [-0.25, -0.2) is 0 Å². The second-order valence-corrected chi connectivity index (χ2v) is 6.77. The van der Waals surface area contributed by atoms with E-state index >= 15 is 0 Å². The molecule has 3 unspecified atom stereocenters. The van der Waals surface area contributed by atoms with Crippen LogP contribution < -0.4 is 5.32 Å². The fourth-order valence-corrected chi connectivity index (χ4v) is 2.74. The van der Waals surface area contributed by atoms with E-state index in [1.165, 1.54) is 0 Å². The van der Waals surface area contributed by atoms with Gasteiger partial charge in [0.05, 0.1) is 24.4 Å². The lowest BCUT2D eigenvalue weighted by Crippen LogP contribution is -2.58. The van der Waals surface area contributed by atoms with E-state index in [-0.39, 0.29) is 24.2 Å². The third kappa shape index (κ3) is 4.67. The molecule has 0 saturated carbocycles. The molecule has 20 heavy (non-hydrogen) atoms. The van der Waals surface area contributed by atoms with Crippen molar-refractivity contribution in [3.8, 4) is 0 Å². The molecular formula is C15H32N2O3. The Morgan fingerprint density at radius 1 is 1.25 bits per heavy atom. The Kier molecular flexibility index (Phi) is 6.88. The summed E-state index contributed by atoms with van der Waals surface area (Å²) in [7, 11) is 3.93. The maximum absolute atomic E-state index is 10.4. The minimum Gasteiger partial charge on any atom is -0.389 e. The van der Waals surface area contributed by atoms with E-state index in [1.807, 2.05) is 32.8 Å². The number of nitrogens with one attached hydrogen (secondary N) is 1. The lowest BCUT2D eigenvalue weighted by Gasteiger charge is -2.45. The molecule has 0 aromatic heterocycles. The second kappa shape index (κ2) is 7.71. The molecule has 0 radical (unpaired) electrons. The third-order valence-electron chi connectivity index (χ3n) is 4.02. The van der Waals surface area contributed by atoms with Gasteiger partial charge in [0, 0.05) is 18.6 Å². The van der Waals surface area contributed by atoms with Gasteiger partial charge in [-0.15, -0.1) is 0 Å². The Balaban J connectivity index is 2.71. The second-order valence-electron chi connectivity index (χ2n) is 6.77. The van der Waals surface area contributed by atoms with Crippen molar-refractivity contribution in [2.24, 2.45) is 5.92 Å². The first-order valence-electron chi connectivity index (χ1n) is 7.65. The van der Waals surface area contributed by atoms with Crippen molar-refractivity contribution in [2.75, 3.05) is 20.6 Å². The summed E-state index contributed by atoms with van der Waals surface area (Å²) in [5, 5.41) is 24.0. The van der Waals surface area contributed by atoms with E-state index in [0.717, 1.165) is 0 Å². The average Bonchev–Trinajstić information content (AvgIpc) is 2.35. The van der Waals surface area contributed by atoms with Gasteiger partial charge in [-0.05, 0) is 26.4 Å². The summed E-state index contributed by atoms with van der Waals surface area (Å²) in [6.45, 7) is 8.71. The molecule has 1 aliphatic heterocycles. The van der Waals surface area contributed by atoms with Crippen LogP contribution in [-0.2, 0) is 4.74 Å². The van der Waals surface area contributed by atoms with Gasteiger partial charge in [0.2, 0.25) is 0 Å². The molecule has 3 N–H and O–H groups in total. The molecule has 120 valence electrons. The molecule has 1 saturated heterocycles. The number of aliphatic hydroxyl groups is 2. The fourth-order valence-electron chi connectivity index (χ4n) is 2.74. The smallest absolute Gasteiger partial charge is 0.0959 e. The Bertz CT molecular complexity index is 266. The van der Waals surface area contributed by atoms with Crippen LogP contribution in [-0.4, -0.2) is 72.3 Å². The van der Waals surface area contributed by atoms with Crippen molar-refractivity contribution < 1.29 is 14.9 Å². The average molecular weight is 288 g/mol. The highest BCUT2D eigenvalue weighted by Crippen LogP contribution is 2.28. The molecule has 0 amide bonds. The van der Waals surface area contributed by atoms with Crippen LogP contribution in [0.4, 0.5) is 0 Å². The number of nitrogens with zero attached hydrogens (tertiary/aromatic N) is 1. The topological polar surface area (TPSA) is 65.0 Å². The first-order chi connectivity index (χ1) is 9.23. The molecule has 0 aromatic rings. The minimum atomic E-state index is -0.548. The highest BCUT2D eigenvalue weighted by atomic mass is 16.5. The summed E-state index contributed by atoms with van der Waals surface area (Å²) in [5.74, 6) is 0.223. The summed E-state index contributed by atoms with van der Waals surface area (Å²) in [5.41, 5.74) is 0. The maximum atomic E-state index is 10.4. The van der Waals surface area contributed by atoms with Crippen LogP contribution in [0.5, 0.6) is 0 Å². The van der Waals surface area contributed by atoms with Crippen LogP contribution in [0.2, 0.25) is 0 Å². The molecule has 1 fully saturated rings. The van der Waals surface area contributed by atoms with Crippen molar-refractivity contribution in [2.45, 2.75) is 70.6 Å². The molecule has 5 nitrogen and oxygen atoms in total. The van der Waals surface area contributed by atoms with Crippen molar-refractivity contribution >= 4 is 0 Å². The van der Waals surface area contributed by atoms with Crippen LogP contribution in [0.1, 0.15) is 34.1 Å². The predicted molar refractivity (Wildman–Crippen MR) is 80.7 cm³/mol. The number of rotatable bonds is 6. The molecule has 0 aromatic carbocycles. The molecule has 0 spiro atoms. The Morgan fingerprint density at radius 3 is 2.30 bits per heavy atom. The van der Waals surface area contributed by atoms with Gasteiger partial charge >= 0.3 is 0 Å². The summed E-state index contributed by atoms with van der Waals surface area (Å²) >= 11 is 0. The zero-order valence-electron chi connectivity index (χ0n) is 13.7. The summed E-state index contributed by atoms with van der Waals surface area (Å²) in [6, 6.07) is 0.360. The summed E-state index contributed by atoms with van der Waals surface area (Å²) in [4.78, 5) is 2.03. The van der Waals surface area contributed by atoms with Gasteiger partial charge in [0.15, 0.2) is 0 Å². The Morgan fingerprint density at radius 2 is 1.85 bits per heavy atom. The van der Waals surface area contributed by atoms with Crippen LogP contribution in [0.15, 0.2) is 0 Å². The lowest BCUT2D eigenvalue weighted by molar-refractivity contribution is -0.187. The van der Waals surface area contributed by atoms with E-state index < -0.39 is 12.2 Å². The standard InChI is InChI=1S/C15H32N2O3/c1-9(2)15-14(19)11(17(5)6)7-13(20-15)12(18)8-16-10(3)4/h9-16,18-19H,7-8H2,1-6H3/t11?,12?,13-,14?,15+/m1/s1. The number of aliphatic hydroxyl groups excluding tert-OH is 2. The van der Waals surface area contributed by atoms with E-state index in [1.54, 1.807) is 0 Å². The van der Waals surface area contributed by atoms with Gasteiger partial charge in [-0.3, -0.25) is 0 Å². The monoisotopic (exact) mass is 288 g/mol. The quantitative estimate of drug-likeness (QED) is 0.662. The lowest BCUT2D eigenvalue weighted by atomic mass is 9.87. The third-order valence-corrected chi connectivity index (χ3v) is 4.02. The normalized spacial score (nSPS) is 33.1. The first kappa shape index (κ1) is 17.9. The molecule has 1 rings (SSSR count). The number of ether oxygens (including phenoxy) is 1. The summed E-state index contributed by atoms with van der Waals surface area (Å²) < 4.78 is 5.97. The van der Waals surface area contributed by atoms with Gasteiger partial charge in [0.25, 0.3) is 0 Å². The van der Waals surface area contributed by atoms with E-state index in [4.69, 9.17) is 4.74 Å². The van der Waals surface area contributed by atoms with Crippen LogP contribution in [0.25, 0.3) is 0 Å². The van der Waals surface area contributed by atoms with Crippen LogP contribution in [0, 0.1) is 5.92 Å². The fraction of sp³-hybridized carbons (Fsp3) is 1.00. The Labute approximate surface area is 123 Å². The molecule has 1 heterocycles. The Hall–Kier alpha value is -0.200. The van der Waals surface area contributed by atoms with Gasteiger partial charge in [-0.1, -0.05) is 27.7 Å². The zero-order valence-corrected chi connectivity index (χ0v) is 13.7. The predicted octanol–water partition coefficient (Wildman–Crippen LogP) is 0.450. The largest absolute Gasteiger partial charge is 0.389 e. The van der Waals surface area contributed by atoms with Gasteiger partial charge in [0.1, 0.15) is 0 Å². The highest BCUT2D eigenvalue weighted by molar-refractivity contribution is 4.93. The number of hydrogen-bond donors (Lipinski definition) is 3. The number of likely N-dealkylation sites (N-methyl/N-ethyl adjacent to an activating group) is 1. The number of hydrogen-bond acceptors (Lipinski definition) is 5. The molecule has 1 aliphatic rings. The molecular weight excluding hydrogens is 256 g/mol. The molecule has 0 aliphatic carbocycles. The molecule has 5 atom stereocenters. The minimum absolute atomic E-state index is 0.0230. The van der Waals surface area contributed by atoms with Crippen molar-refractivity contribution in [3.63, 3.8) is 0 Å². The maximum Gasteiger partial charge on any atom is 0.0959 e. The highest BCUT2D eigenvalue weighted by Gasteiger charge is 2.42. The van der Waals surface area contributed by atoms with Gasteiger partial charge in [-0.2, -0.15) is 0 Å². The van der Waals surface area contributed by atoms with E-state index in [9.17, 15) is 10.2 Å². The SMILES string of the molecule is CC(C)NCC(O)[C@H]1CC(N(C)C)C(O)[C@H](C(C)C)O1. The van der Waals surface area contributed by atoms with Crippen LogP contribution >= 0.6 is 0 Å².